The van der Waals surface area contributed by atoms with E-state index in [4.69, 9.17) is 10.5 Å². The monoisotopic (exact) mass is 279 g/mol. The summed E-state index contributed by atoms with van der Waals surface area (Å²) in [6.07, 6.45) is 3.87. The maximum absolute atomic E-state index is 13.3. The lowest BCUT2D eigenvalue weighted by Gasteiger charge is -2.37. The maximum Gasteiger partial charge on any atom is 0.123 e. The Morgan fingerprint density at radius 1 is 1.35 bits per heavy atom. The predicted octanol–water partition coefficient (Wildman–Crippen LogP) is 4.39. The zero-order chi connectivity index (χ0) is 14.7. The van der Waals surface area contributed by atoms with Crippen molar-refractivity contribution < 1.29 is 9.13 Å². The molecular weight excluding hydrogens is 253 g/mol. The summed E-state index contributed by atoms with van der Waals surface area (Å²) in [5.74, 6) is 1.67. The van der Waals surface area contributed by atoms with Gasteiger partial charge in [-0.25, -0.2) is 4.39 Å². The molecule has 0 saturated heterocycles. The Morgan fingerprint density at radius 2 is 2.10 bits per heavy atom. The highest BCUT2D eigenvalue weighted by Crippen LogP contribution is 2.35. The van der Waals surface area contributed by atoms with E-state index in [1.807, 2.05) is 0 Å². The van der Waals surface area contributed by atoms with Crippen molar-refractivity contribution in [1.82, 2.24) is 0 Å². The molecule has 2 N–H and O–H groups in total. The van der Waals surface area contributed by atoms with Gasteiger partial charge in [0, 0.05) is 11.3 Å². The van der Waals surface area contributed by atoms with Crippen LogP contribution in [0.3, 0.4) is 0 Å². The molecule has 3 unspecified atom stereocenters. The van der Waals surface area contributed by atoms with Crippen LogP contribution in [0, 0.1) is 23.6 Å². The van der Waals surface area contributed by atoms with E-state index in [1.54, 1.807) is 6.07 Å². The highest BCUT2D eigenvalue weighted by molar-refractivity contribution is 5.46. The van der Waals surface area contributed by atoms with Crippen LogP contribution >= 0.6 is 0 Å². The van der Waals surface area contributed by atoms with Gasteiger partial charge in [0.15, 0.2) is 0 Å². The number of nitrogen functional groups attached to an aromatic ring is 1. The molecule has 0 amide bonds. The number of ether oxygens (including phenoxy) is 1. The maximum atomic E-state index is 13.3. The molecule has 0 bridgehead atoms. The third-order valence-electron chi connectivity index (χ3n) is 4.52. The summed E-state index contributed by atoms with van der Waals surface area (Å²) in [4.78, 5) is 0. The van der Waals surface area contributed by atoms with Gasteiger partial charge in [-0.15, -0.1) is 0 Å². The van der Waals surface area contributed by atoms with E-state index in [0.29, 0.717) is 30.0 Å². The molecule has 0 aromatic heterocycles. The van der Waals surface area contributed by atoms with Gasteiger partial charge >= 0.3 is 0 Å². The molecule has 0 heterocycles. The minimum Gasteiger partial charge on any atom is -0.398 e. The normalized spacial score (nSPS) is 26.9. The van der Waals surface area contributed by atoms with Crippen LogP contribution in [0.4, 0.5) is 10.1 Å². The molecule has 0 radical (unpaired) electrons. The van der Waals surface area contributed by atoms with E-state index in [-0.39, 0.29) is 11.9 Å². The highest BCUT2D eigenvalue weighted by Gasteiger charge is 2.31. The van der Waals surface area contributed by atoms with Gasteiger partial charge in [0.1, 0.15) is 5.82 Å². The molecule has 3 heteroatoms. The molecule has 2 nitrogen and oxygen atoms in total. The largest absolute Gasteiger partial charge is 0.398 e. The van der Waals surface area contributed by atoms with Gasteiger partial charge in [-0.3, -0.25) is 0 Å². The Labute approximate surface area is 121 Å². The average Bonchev–Trinajstić information content (AvgIpc) is 2.39. The van der Waals surface area contributed by atoms with E-state index < -0.39 is 0 Å². The summed E-state index contributed by atoms with van der Waals surface area (Å²) in [7, 11) is 0. The van der Waals surface area contributed by atoms with Crippen LogP contribution < -0.4 is 5.73 Å². The van der Waals surface area contributed by atoms with Crippen molar-refractivity contribution in [2.75, 3.05) is 5.73 Å². The summed E-state index contributed by atoms with van der Waals surface area (Å²) < 4.78 is 19.4. The zero-order valence-corrected chi connectivity index (χ0v) is 12.7. The molecule has 20 heavy (non-hydrogen) atoms. The van der Waals surface area contributed by atoms with E-state index in [1.165, 1.54) is 25.0 Å². The second kappa shape index (κ2) is 6.57. The van der Waals surface area contributed by atoms with Crippen molar-refractivity contribution in [1.29, 1.82) is 0 Å². The Balaban J connectivity index is 2.01. The van der Waals surface area contributed by atoms with Gasteiger partial charge in [-0.1, -0.05) is 27.2 Å². The van der Waals surface area contributed by atoms with Crippen LogP contribution in [0.5, 0.6) is 0 Å². The Bertz CT molecular complexity index is 447. The molecule has 1 aromatic carbocycles. The second-order valence-electron chi connectivity index (χ2n) is 6.52. The molecule has 3 atom stereocenters. The van der Waals surface area contributed by atoms with Crippen molar-refractivity contribution in [2.24, 2.45) is 17.8 Å². The van der Waals surface area contributed by atoms with Crippen molar-refractivity contribution in [2.45, 2.75) is 52.7 Å². The van der Waals surface area contributed by atoms with E-state index in [0.717, 1.165) is 12.0 Å². The van der Waals surface area contributed by atoms with E-state index in [9.17, 15) is 4.39 Å². The van der Waals surface area contributed by atoms with Crippen LogP contribution in [-0.4, -0.2) is 6.10 Å². The molecule has 2 rings (SSSR count). The molecule has 1 aromatic rings. The minimum atomic E-state index is -0.254. The van der Waals surface area contributed by atoms with Gasteiger partial charge in [0.2, 0.25) is 0 Å². The van der Waals surface area contributed by atoms with Gasteiger partial charge in [-0.2, -0.15) is 0 Å². The van der Waals surface area contributed by atoms with E-state index in [2.05, 4.69) is 20.8 Å². The summed E-state index contributed by atoms with van der Waals surface area (Å²) >= 11 is 0. The van der Waals surface area contributed by atoms with Crippen LogP contribution in [0.2, 0.25) is 0 Å². The molecule has 1 fully saturated rings. The Hall–Kier alpha value is -1.09. The molecule has 112 valence electrons. The lowest BCUT2D eigenvalue weighted by molar-refractivity contribution is -0.0471. The smallest absolute Gasteiger partial charge is 0.123 e. The predicted molar refractivity (Wildman–Crippen MR) is 80.7 cm³/mol. The first-order valence-electron chi connectivity index (χ1n) is 7.63. The van der Waals surface area contributed by atoms with E-state index >= 15 is 0 Å². The molecule has 1 aliphatic rings. The minimum absolute atomic E-state index is 0.254. The topological polar surface area (TPSA) is 35.2 Å². The van der Waals surface area contributed by atoms with Crippen molar-refractivity contribution >= 4 is 5.69 Å². The molecule has 0 spiro atoms. The Morgan fingerprint density at radius 3 is 2.80 bits per heavy atom. The highest BCUT2D eigenvalue weighted by atomic mass is 19.1. The van der Waals surface area contributed by atoms with Gasteiger partial charge in [-0.05, 0) is 48.8 Å². The van der Waals surface area contributed by atoms with Crippen molar-refractivity contribution in [3.8, 4) is 0 Å². The number of nitrogens with two attached hydrogens (primary N) is 1. The van der Waals surface area contributed by atoms with Crippen LogP contribution in [0.25, 0.3) is 0 Å². The average molecular weight is 279 g/mol. The Kier molecular flexibility index (Phi) is 5.03. The summed E-state index contributed by atoms with van der Waals surface area (Å²) in [6, 6.07) is 4.47. The SMILES string of the molecule is CC1CCC(C(C)C)C(OCc2cc(F)ccc2N)C1. The van der Waals surface area contributed by atoms with Crippen molar-refractivity contribution in [3.63, 3.8) is 0 Å². The summed E-state index contributed by atoms with van der Waals surface area (Å²) in [6.45, 7) is 7.20. The first-order chi connectivity index (χ1) is 9.47. The lowest BCUT2D eigenvalue weighted by Crippen LogP contribution is -2.34. The fraction of sp³-hybridized carbons (Fsp3) is 0.647. The zero-order valence-electron chi connectivity index (χ0n) is 12.7. The van der Waals surface area contributed by atoms with Crippen molar-refractivity contribution in [3.05, 3.63) is 29.6 Å². The standard InChI is InChI=1S/C17H26FNO/c1-11(2)15-6-4-12(3)8-17(15)20-10-13-9-14(18)5-7-16(13)19/h5,7,9,11-12,15,17H,4,6,8,10,19H2,1-3H3. The second-order valence-corrected chi connectivity index (χ2v) is 6.52. The van der Waals surface area contributed by atoms with Crippen LogP contribution in [0.15, 0.2) is 18.2 Å². The first-order valence-corrected chi connectivity index (χ1v) is 7.63. The molecule has 0 aliphatic heterocycles. The third kappa shape index (κ3) is 3.72. The molecular formula is C17H26FNO. The van der Waals surface area contributed by atoms with Gasteiger partial charge in [0.25, 0.3) is 0 Å². The number of halogens is 1. The molecule has 1 saturated carbocycles. The third-order valence-corrected chi connectivity index (χ3v) is 4.52. The molecule has 1 aliphatic carbocycles. The summed E-state index contributed by atoms with van der Waals surface area (Å²) in [5, 5.41) is 0. The van der Waals surface area contributed by atoms with Gasteiger partial charge in [0.05, 0.1) is 12.7 Å². The number of rotatable bonds is 4. The first kappa shape index (κ1) is 15.3. The lowest BCUT2D eigenvalue weighted by atomic mass is 9.75. The van der Waals surface area contributed by atoms with Gasteiger partial charge < -0.3 is 10.5 Å². The number of anilines is 1. The number of hydrogen-bond donors (Lipinski definition) is 1. The fourth-order valence-corrected chi connectivity index (χ4v) is 3.20. The van der Waals surface area contributed by atoms with Crippen LogP contribution in [-0.2, 0) is 11.3 Å². The number of benzene rings is 1. The summed E-state index contributed by atoms with van der Waals surface area (Å²) in [5.41, 5.74) is 7.24. The quantitative estimate of drug-likeness (QED) is 0.830. The fourth-order valence-electron chi connectivity index (χ4n) is 3.20. The number of hydrogen-bond acceptors (Lipinski definition) is 2. The van der Waals surface area contributed by atoms with Crippen LogP contribution in [0.1, 0.15) is 45.6 Å².